The van der Waals surface area contributed by atoms with Gasteiger partial charge in [0.15, 0.2) is 0 Å². The smallest absolute Gasteiger partial charge is 0.321 e. The van der Waals surface area contributed by atoms with Gasteiger partial charge in [-0.15, -0.1) is 0 Å². The molecular weight excluding hydrogens is 338 g/mol. The molecule has 27 heavy (non-hydrogen) atoms. The summed E-state index contributed by atoms with van der Waals surface area (Å²) in [5, 5.41) is 5.31. The van der Waals surface area contributed by atoms with Crippen LogP contribution in [0.2, 0.25) is 0 Å². The van der Waals surface area contributed by atoms with Gasteiger partial charge in [0.25, 0.3) is 0 Å². The van der Waals surface area contributed by atoms with Gasteiger partial charge in [-0.1, -0.05) is 42.5 Å². The Morgan fingerprint density at radius 3 is 2.37 bits per heavy atom. The lowest BCUT2D eigenvalue weighted by atomic mass is 10.1. The molecule has 1 N–H and O–H groups in total. The number of nitrogens with zero attached hydrogens (tertiary/aromatic N) is 2. The molecule has 0 atom stereocenters. The number of urea groups is 1. The fraction of sp³-hybridized carbons (Fsp3) is 0.227. The zero-order valence-corrected chi connectivity index (χ0v) is 15.4. The van der Waals surface area contributed by atoms with Crippen LogP contribution in [0.3, 0.4) is 0 Å². The monoisotopic (exact) mass is 361 g/mol. The van der Waals surface area contributed by atoms with E-state index < -0.39 is 0 Å². The Balaban J connectivity index is 1.39. The molecule has 0 bridgehead atoms. The molecule has 1 fully saturated rings. The minimum absolute atomic E-state index is 0.0510. The van der Waals surface area contributed by atoms with Gasteiger partial charge in [0, 0.05) is 31.9 Å². The molecule has 1 aliphatic rings. The normalized spacial score (nSPS) is 14.3. The van der Waals surface area contributed by atoms with Crippen molar-refractivity contribution in [2.75, 3.05) is 43.5 Å². The number of para-hydroxylation sites is 2. The zero-order valence-electron chi connectivity index (χ0n) is 15.4. The third-order valence-electron chi connectivity index (χ3n) is 4.99. The quantitative estimate of drug-likeness (QED) is 0.760. The summed E-state index contributed by atoms with van der Waals surface area (Å²) in [5.74, 6) is 0.867. The Labute approximate surface area is 159 Å². The van der Waals surface area contributed by atoms with Crippen LogP contribution in [-0.4, -0.2) is 44.2 Å². The number of benzene rings is 3. The molecule has 2 amide bonds. The lowest BCUT2D eigenvalue weighted by Gasteiger charge is -2.36. The average Bonchev–Trinajstić information content (AvgIpc) is 2.73. The van der Waals surface area contributed by atoms with Gasteiger partial charge in [-0.3, -0.25) is 0 Å². The summed E-state index contributed by atoms with van der Waals surface area (Å²) >= 11 is 0. The summed E-state index contributed by atoms with van der Waals surface area (Å²) in [7, 11) is 1.69. The molecule has 1 saturated heterocycles. The highest BCUT2D eigenvalue weighted by molar-refractivity contribution is 5.93. The van der Waals surface area contributed by atoms with E-state index >= 15 is 0 Å². The van der Waals surface area contributed by atoms with Crippen molar-refractivity contribution in [3.8, 4) is 5.75 Å². The summed E-state index contributed by atoms with van der Waals surface area (Å²) in [6.45, 7) is 2.92. The van der Waals surface area contributed by atoms with Crippen molar-refractivity contribution >= 4 is 28.2 Å². The Hall–Kier alpha value is -3.21. The summed E-state index contributed by atoms with van der Waals surface area (Å²) in [6.07, 6.45) is 0. The number of anilines is 2. The van der Waals surface area contributed by atoms with Gasteiger partial charge in [-0.2, -0.15) is 0 Å². The number of hydrogen-bond acceptors (Lipinski definition) is 3. The predicted octanol–water partition coefficient (Wildman–Crippen LogP) is 4.20. The molecule has 5 nitrogen and oxygen atoms in total. The minimum Gasteiger partial charge on any atom is -0.495 e. The predicted molar refractivity (Wildman–Crippen MR) is 110 cm³/mol. The van der Waals surface area contributed by atoms with Crippen molar-refractivity contribution in [3.05, 3.63) is 66.7 Å². The summed E-state index contributed by atoms with van der Waals surface area (Å²) in [6, 6.07) is 22.1. The number of methoxy groups -OCH3 is 1. The van der Waals surface area contributed by atoms with Gasteiger partial charge in [0.2, 0.25) is 0 Å². The maximum atomic E-state index is 12.6. The van der Waals surface area contributed by atoms with Gasteiger partial charge in [-0.25, -0.2) is 4.79 Å². The number of fused-ring (bicyclic) bond motifs is 1. The first-order valence-corrected chi connectivity index (χ1v) is 9.17. The third kappa shape index (κ3) is 3.67. The van der Waals surface area contributed by atoms with E-state index in [1.807, 2.05) is 53.4 Å². The highest BCUT2D eigenvalue weighted by Gasteiger charge is 2.22. The fourth-order valence-corrected chi connectivity index (χ4v) is 3.51. The van der Waals surface area contributed by atoms with Crippen LogP contribution in [0.1, 0.15) is 0 Å². The summed E-state index contributed by atoms with van der Waals surface area (Å²) in [5.41, 5.74) is 1.90. The Kier molecular flexibility index (Phi) is 4.83. The Morgan fingerprint density at radius 1 is 0.889 bits per heavy atom. The molecule has 4 rings (SSSR count). The third-order valence-corrected chi connectivity index (χ3v) is 4.99. The molecule has 3 aromatic rings. The first kappa shape index (κ1) is 17.2. The number of carbonyl (C=O) groups excluding carboxylic acids is 1. The Morgan fingerprint density at radius 2 is 1.59 bits per heavy atom. The summed E-state index contributed by atoms with van der Waals surface area (Å²) in [4.78, 5) is 16.8. The maximum absolute atomic E-state index is 12.6. The van der Waals surface area contributed by atoms with Crippen LogP contribution < -0.4 is 15.0 Å². The lowest BCUT2D eigenvalue weighted by molar-refractivity contribution is 0.208. The first-order chi connectivity index (χ1) is 13.2. The highest BCUT2D eigenvalue weighted by Crippen LogP contribution is 2.28. The van der Waals surface area contributed by atoms with Crippen molar-refractivity contribution in [1.29, 1.82) is 0 Å². The van der Waals surface area contributed by atoms with Gasteiger partial charge < -0.3 is 19.9 Å². The van der Waals surface area contributed by atoms with Crippen molar-refractivity contribution < 1.29 is 9.53 Å². The maximum Gasteiger partial charge on any atom is 0.321 e. The molecule has 3 aromatic carbocycles. The number of hydrogen-bond donors (Lipinski definition) is 1. The number of amides is 2. The summed E-state index contributed by atoms with van der Waals surface area (Å²) < 4.78 is 5.45. The number of ether oxygens (including phenoxy) is 1. The van der Waals surface area contributed by atoms with Crippen LogP contribution >= 0.6 is 0 Å². The van der Waals surface area contributed by atoms with Crippen molar-refractivity contribution in [1.82, 2.24) is 4.90 Å². The molecular formula is C22H23N3O2. The minimum atomic E-state index is -0.0510. The standard InChI is InChI=1S/C22H23N3O2/c1-27-21-9-5-4-8-20(21)24-12-14-25(15-13-24)22(26)23-19-11-10-17-6-2-3-7-18(17)16-19/h2-11,16H,12-15H2,1H3,(H,23,26). The second kappa shape index (κ2) is 7.58. The van der Waals surface area contributed by atoms with Gasteiger partial charge >= 0.3 is 6.03 Å². The molecule has 0 aromatic heterocycles. The SMILES string of the molecule is COc1ccccc1N1CCN(C(=O)Nc2ccc3ccccc3c2)CC1. The van der Waals surface area contributed by atoms with Crippen LogP contribution in [-0.2, 0) is 0 Å². The van der Waals surface area contributed by atoms with E-state index in [-0.39, 0.29) is 6.03 Å². The molecule has 0 spiro atoms. The molecule has 1 aliphatic heterocycles. The van der Waals surface area contributed by atoms with Gasteiger partial charge in [-0.05, 0) is 35.0 Å². The first-order valence-electron chi connectivity index (χ1n) is 9.17. The van der Waals surface area contributed by atoms with Crippen molar-refractivity contribution in [2.45, 2.75) is 0 Å². The van der Waals surface area contributed by atoms with E-state index in [0.29, 0.717) is 13.1 Å². The van der Waals surface area contributed by atoms with Crippen LogP contribution in [0.15, 0.2) is 66.7 Å². The van der Waals surface area contributed by atoms with Crippen LogP contribution in [0.4, 0.5) is 16.2 Å². The molecule has 5 heteroatoms. The molecule has 0 saturated carbocycles. The van der Waals surface area contributed by atoms with Crippen LogP contribution in [0.5, 0.6) is 5.75 Å². The van der Waals surface area contributed by atoms with Gasteiger partial charge in [0.05, 0.1) is 12.8 Å². The van der Waals surface area contributed by atoms with Crippen molar-refractivity contribution in [3.63, 3.8) is 0 Å². The van der Waals surface area contributed by atoms with Gasteiger partial charge in [0.1, 0.15) is 5.75 Å². The lowest BCUT2D eigenvalue weighted by Crippen LogP contribution is -2.50. The van der Waals surface area contributed by atoms with Crippen LogP contribution in [0.25, 0.3) is 10.8 Å². The molecule has 0 radical (unpaired) electrons. The number of piperazine rings is 1. The van der Waals surface area contributed by atoms with E-state index in [1.165, 1.54) is 5.39 Å². The molecule has 0 unspecified atom stereocenters. The highest BCUT2D eigenvalue weighted by atomic mass is 16.5. The number of carbonyl (C=O) groups is 1. The van der Waals surface area contributed by atoms with Crippen LogP contribution in [0, 0.1) is 0 Å². The van der Waals surface area contributed by atoms with E-state index in [4.69, 9.17) is 4.74 Å². The zero-order chi connectivity index (χ0) is 18.6. The van der Waals surface area contributed by atoms with E-state index in [1.54, 1.807) is 7.11 Å². The van der Waals surface area contributed by atoms with E-state index in [9.17, 15) is 4.79 Å². The second-order valence-corrected chi connectivity index (χ2v) is 6.64. The topological polar surface area (TPSA) is 44.8 Å². The Bertz CT molecular complexity index is 949. The fourth-order valence-electron chi connectivity index (χ4n) is 3.51. The number of nitrogens with one attached hydrogen (secondary N) is 1. The number of rotatable bonds is 3. The molecule has 138 valence electrons. The second-order valence-electron chi connectivity index (χ2n) is 6.64. The van der Waals surface area contributed by atoms with E-state index in [2.05, 4.69) is 28.4 Å². The largest absolute Gasteiger partial charge is 0.495 e. The molecule has 1 heterocycles. The molecule has 0 aliphatic carbocycles. The average molecular weight is 361 g/mol. The van der Waals surface area contributed by atoms with E-state index in [0.717, 1.165) is 35.6 Å². The van der Waals surface area contributed by atoms with Crippen molar-refractivity contribution in [2.24, 2.45) is 0 Å².